The van der Waals surface area contributed by atoms with E-state index in [2.05, 4.69) is 15.5 Å². The van der Waals surface area contributed by atoms with Crippen LogP contribution < -0.4 is 16.6 Å². The predicted molar refractivity (Wildman–Crippen MR) is 55.5 cm³/mol. The Labute approximate surface area is 86.9 Å². The number of H-pyrrole nitrogens is 1. The normalized spacial score (nSPS) is 12.1. The Balaban J connectivity index is 2.54. The standard InChI is InChI=1S/C9H14N4O2/c1-2-6(10)5-11-9(15)7-3-4-8(14)13-12-7/h3-4,6H,2,5,10H2,1H3,(H,11,15)(H,13,14). The Morgan fingerprint density at radius 1 is 1.67 bits per heavy atom. The zero-order valence-electron chi connectivity index (χ0n) is 8.49. The molecule has 0 saturated heterocycles. The van der Waals surface area contributed by atoms with Crippen molar-refractivity contribution < 1.29 is 4.79 Å². The number of aromatic nitrogens is 2. The van der Waals surface area contributed by atoms with Gasteiger partial charge in [-0.15, -0.1) is 0 Å². The summed E-state index contributed by atoms with van der Waals surface area (Å²) in [6, 6.07) is 2.56. The van der Waals surface area contributed by atoms with Crippen molar-refractivity contribution in [1.29, 1.82) is 0 Å². The van der Waals surface area contributed by atoms with Gasteiger partial charge in [0.05, 0.1) is 0 Å². The molecule has 0 saturated carbocycles. The molecule has 1 amide bonds. The van der Waals surface area contributed by atoms with Crippen molar-refractivity contribution in [3.05, 3.63) is 28.2 Å². The van der Waals surface area contributed by atoms with Gasteiger partial charge in [0, 0.05) is 18.7 Å². The zero-order chi connectivity index (χ0) is 11.3. The van der Waals surface area contributed by atoms with Crippen LogP contribution in [0.15, 0.2) is 16.9 Å². The molecule has 0 radical (unpaired) electrons. The lowest BCUT2D eigenvalue weighted by atomic mass is 10.2. The minimum atomic E-state index is -0.338. The van der Waals surface area contributed by atoms with Crippen LogP contribution in [0, 0.1) is 0 Å². The van der Waals surface area contributed by atoms with Crippen LogP contribution in [0.1, 0.15) is 23.8 Å². The molecule has 0 aliphatic rings. The molecule has 6 nitrogen and oxygen atoms in total. The van der Waals surface area contributed by atoms with Crippen LogP contribution in [0.25, 0.3) is 0 Å². The summed E-state index contributed by atoms with van der Waals surface area (Å²) in [4.78, 5) is 22.1. The fourth-order valence-electron chi connectivity index (χ4n) is 0.930. The van der Waals surface area contributed by atoms with Crippen LogP contribution in [0.4, 0.5) is 0 Å². The van der Waals surface area contributed by atoms with Gasteiger partial charge >= 0.3 is 0 Å². The lowest BCUT2D eigenvalue weighted by molar-refractivity contribution is 0.0945. The monoisotopic (exact) mass is 210 g/mol. The molecule has 0 fully saturated rings. The van der Waals surface area contributed by atoms with Crippen LogP contribution in [0.2, 0.25) is 0 Å². The highest BCUT2D eigenvalue weighted by molar-refractivity contribution is 5.91. The minimum absolute atomic E-state index is 0.0586. The van der Waals surface area contributed by atoms with E-state index in [0.29, 0.717) is 6.54 Å². The van der Waals surface area contributed by atoms with E-state index in [4.69, 9.17) is 5.73 Å². The highest BCUT2D eigenvalue weighted by Gasteiger charge is 2.07. The van der Waals surface area contributed by atoms with E-state index in [0.717, 1.165) is 6.42 Å². The van der Waals surface area contributed by atoms with Gasteiger partial charge in [-0.25, -0.2) is 5.10 Å². The number of nitrogens with two attached hydrogens (primary N) is 1. The molecular formula is C9H14N4O2. The molecule has 1 heterocycles. The second-order valence-corrected chi connectivity index (χ2v) is 3.18. The van der Waals surface area contributed by atoms with E-state index in [-0.39, 0.29) is 23.2 Å². The van der Waals surface area contributed by atoms with Gasteiger partial charge < -0.3 is 11.1 Å². The lowest BCUT2D eigenvalue weighted by Crippen LogP contribution is -2.37. The first-order valence-corrected chi connectivity index (χ1v) is 4.73. The first-order chi connectivity index (χ1) is 7.13. The molecule has 15 heavy (non-hydrogen) atoms. The average molecular weight is 210 g/mol. The van der Waals surface area contributed by atoms with Gasteiger partial charge in [0.15, 0.2) is 0 Å². The van der Waals surface area contributed by atoms with Gasteiger partial charge in [0.1, 0.15) is 5.69 Å². The van der Waals surface area contributed by atoms with E-state index in [9.17, 15) is 9.59 Å². The molecule has 0 spiro atoms. The van der Waals surface area contributed by atoms with Gasteiger partial charge in [-0.1, -0.05) is 6.92 Å². The van der Waals surface area contributed by atoms with E-state index in [1.807, 2.05) is 6.92 Å². The third kappa shape index (κ3) is 3.51. The quantitative estimate of drug-likeness (QED) is 0.607. The van der Waals surface area contributed by atoms with Crippen molar-refractivity contribution in [2.75, 3.05) is 6.54 Å². The Kier molecular flexibility index (Phi) is 3.99. The maximum Gasteiger partial charge on any atom is 0.271 e. The Hall–Kier alpha value is -1.69. The third-order valence-electron chi connectivity index (χ3n) is 1.96. The van der Waals surface area contributed by atoms with Crippen molar-refractivity contribution in [3.63, 3.8) is 0 Å². The summed E-state index contributed by atoms with van der Waals surface area (Å²) in [6.07, 6.45) is 0.791. The van der Waals surface area contributed by atoms with Gasteiger partial charge in [-0.05, 0) is 12.5 Å². The second-order valence-electron chi connectivity index (χ2n) is 3.18. The molecule has 1 rings (SSSR count). The fraction of sp³-hybridized carbons (Fsp3) is 0.444. The summed E-state index contributed by atoms with van der Waals surface area (Å²) >= 11 is 0. The zero-order valence-corrected chi connectivity index (χ0v) is 8.49. The number of hydrogen-bond acceptors (Lipinski definition) is 4. The second kappa shape index (κ2) is 5.26. The number of carbonyl (C=O) groups excluding carboxylic acids is 1. The van der Waals surface area contributed by atoms with E-state index >= 15 is 0 Å². The number of carbonyl (C=O) groups is 1. The van der Waals surface area contributed by atoms with Crippen molar-refractivity contribution in [2.24, 2.45) is 5.73 Å². The smallest absolute Gasteiger partial charge is 0.271 e. The molecule has 0 aromatic carbocycles. The van der Waals surface area contributed by atoms with Crippen LogP contribution in [0.3, 0.4) is 0 Å². The van der Waals surface area contributed by atoms with E-state index in [1.165, 1.54) is 12.1 Å². The van der Waals surface area contributed by atoms with Crippen molar-refractivity contribution in [2.45, 2.75) is 19.4 Å². The van der Waals surface area contributed by atoms with Crippen LogP contribution >= 0.6 is 0 Å². The molecule has 82 valence electrons. The third-order valence-corrected chi connectivity index (χ3v) is 1.96. The number of amides is 1. The summed E-state index contributed by atoms with van der Waals surface area (Å²) in [5.74, 6) is -0.338. The molecule has 1 unspecified atom stereocenters. The molecule has 0 aliphatic carbocycles. The molecule has 0 bridgehead atoms. The summed E-state index contributed by atoms with van der Waals surface area (Å²) < 4.78 is 0. The van der Waals surface area contributed by atoms with Gasteiger partial charge in [-0.3, -0.25) is 9.59 Å². The fourth-order valence-corrected chi connectivity index (χ4v) is 0.930. The summed E-state index contributed by atoms with van der Waals surface area (Å²) in [5, 5.41) is 8.40. The van der Waals surface area contributed by atoms with E-state index in [1.54, 1.807) is 0 Å². The Morgan fingerprint density at radius 2 is 2.40 bits per heavy atom. The van der Waals surface area contributed by atoms with Crippen LogP contribution in [0.5, 0.6) is 0 Å². The number of nitrogens with zero attached hydrogens (tertiary/aromatic N) is 1. The number of aromatic amines is 1. The van der Waals surface area contributed by atoms with E-state index < -0.39 is 0 Å². The Bertz CT molecular complexity index is 367. The minimum Gasteiger partial charge on any atom is -0.349 e. The lowest BCUT2D eigenvalue weighted by Gasteiger charge is -2.09. The maximum atomic E-state index is 11.4. The average Bonchev–Trinajstić information content (AvgIpc) is 2.26. The highest BCUT2D eigenvalue weighted by atomic mass is 16.2. The first-order valence-electron chi connectivity index (χ1n) is 4.73. The van der Waals surface area contributed by atoms with Crippen molar-refractivity contribution in [1.82, 2.24) is 15.5 Å². The predicted octanol–water partition coefficient (Wildman–Crippen LogP) is -0.763. The van der Waals surface area contributed by atoms with Crippen LogP contribution in [-0.2, 0) is 0 Å². The summed E-state index contributed by atoms with van der Waals surface area (Å²) in [7, 11) is 0. The van der Waals surface area contributed by atoms with Gasteiger partial charge in [0.2, 0.25) is 0 Å². The molecule has 1 aromatic rings. The van der Waals surface area contributed by atoms with Crippen molar-refractivity contribution >= 4 is 5.91 Å². The molecule has 6 heteroatoms. The summed E-state index contributed by atoms with van der Waals surface area (Å²) in [5.41, 5.74) is 5.47. The number of hydrogen-bond donors (Lipinski definition) is 3. The maximum absolute atomic E-state index is 11.4. The molecule has 0 aliphatic heterocycles. The van der Waals surface area contributed by atoms with Crippen molar-refractivity contribution in [3.8, 4) is 0 Å². The molecule has 4 N–H and O–H groups in total. The molecular weight excluding hydrogens is 196 g/mol. The number of rotatable bonds is 4. The summed E-state index contributed by atoms with van der Waals surface area (Å²) in [6.45, 7) is 2.34. The SMILES string of the molecule is CCC(N)CNC(=O)c1ccc(=O)[nH]n1. The highest BCUT2D eigenvalue weighted by Crippen LogP contribution is 1.89. The molecule has 1 atom stereocenters. The first kappa shape index (κ1) is 11.4. The topological polar surface area (TPSA) is 101 Å². The van der Waals surface area contributed by atoms with Crippen LogP contribution in [-0.4, -0.2) is 28.7 Å². The number of nitrogens with one attached hydrogen (secondary N) is 2. The van der Waals surface area contributed by atoms with Gasteiger partial charge in [0.25, 0.3) is 11.5 Å². The largest absolute Gasteiger partial charge is 0.349 e. The Morgan fingerprint density at radius 3 is 2.93 bits per heavy atom. The molecule has 1 aromatic heterocycles. The van der Waals surface area contributed by atoms with Gasteiger partial charge in [-0.2, -0.15) is 5.10 Å².